The largest absolute Gasteiger partial charge is 0.486 e. The monoisotopic (exact) mass is 283 g/mol. The van der Waals surface area contributed by atoms with Crippen molar-refractivity contribution in [3.05, 3.63) is 28.6 Å². The Bertz CT molecular complexity index is 608. The molecule has 1 aromatic rings. The topological polar surface area (TPSA) is 101 Å². The Labute approximate surface area is 110 Å². The third kappa shape index (κ3) is 3.30. The van der Waals surface area contributed by atoms with Crippen molar-refractivity contribution in [2.75, 3.05) is 25.5 Å². The molecule has 0 saturated carbocycles. The van der Waals surface area contributed by atoms with E-state index in [1.807, 2.05) is 0 Å². The fourth-order valence-corrected chi connectivity index (χ4v) is 3.01. The Hall–Kier alpha value is -1.92. The summed E-state index contributed by atoms with van der Waals surface area (Å²) >= 11 is 0. The van der Waals surface area contributed by atoms with Gasteiger partial charge in [-0.3, -0.25) is 0 Å². The lowest BCUT2D eigenvalue weighted by Crippen LogP contribution is -2.16. The van der Waals surface area contributed by atoms with E-state index < -0.39 is 9.84 Å². The molecule has 0 fully saturated rings. The normalized spacial score (nSPS) is 13.7. The van der Waals surface area contributed by atoms with Crippen molar-refractivity contribution in [3.63, 3.8) is 0 Å². The number of nitrogens with zero attached hydrogens (tertiary/aromatic N) is 3. The lowest BCUT2D eigenvalue weighted by Gasteiger charge is -2.18. The minimum atomic E-state index is -3.39. The van der Waals surface area contributed by atoms with Gasteiger partial charge >= 0.3 is 0 Å². The van der Waals surface area contributed by atoms with Crippen LogP contribution in [0.25, 0.3) is 10.4 Å². The molecule has 0 atom stereocenters. The predicted octanol–water partition coefficient (Wildman–Crippen LogP) is 1.93. The number of benzene rings is 1. The van der Waals surface area contributed by atoms with Crippen molar-refractivity contribution in [2.24, 2.45) is 5.11 Å². The molecule has 0 aliphatic carbocycles. The molecule has 19 heavy (non-hydrogen) atoms. The quantitative estimate of drug-likeness (QED) is 0.356. The number of fused-ring (bicyclic) bond motifs is 1. The van der Waals surface area contributed by atoms with Gasteiger partial charge in [0.15, 0.2) is 21.3 Å². The average Bonchev–Trinajstić information content (AvgIpc) is 2.43. The smallest absolute Gasteiger partial charge is 0.178 e. The summed E-state index contributed by atoms with van der Waals surface area (Å²) in [6, 6.07) is 4.56. The van der Waals surface area contributed by atoms with Crippen LogP contribution in [0.1, 0.15) is 6.42 Å². The molecule has 0 saturated heterocycles. The SMILES string of the molecule is [N-]=[N+]=NCCCS(=O)(=O)c1ccc2c(c1)OCCO2. The highest BCUT2D eigenvalue weighted by Crippen LogP contribution is 2.32. The zero-order valence-electron chi connectivity index (χ0n) is 10.2. The third-order valence-electron chi connectivity index (χ3n) is 2.61. The summed E-state index contributed by atoms with van der Waals surface area (Å²) in [5, 5.41) is 3.31. The fraction of sp³-hybridized carbons (Fsp3) is 0.455. The molecule has 0 aromatic heterocycles. The van der Waals surface area contributed by atoms with Crippen LogP contribution in [0.3, 0.4) is 0 Å². The molecule has 1 aliphatic heterocycles. The van der Waals surface area contributed by atoms with E-state index in [2.05, 4.69) is 10.0 Å². The van der Waals surface area contributed by atoms with Gasteiger partial charge in [0.05, 0.1) is 10.6 Å². The maximum Gasteiger partial charge on any atom is 0.178 e. The second-order valence-electron chi connectivity index (χ2n) is 3.93. The van der Waals surface area contributed by atoms with Crippen LogP contribution < -0.4 is 9.47 Å². The Morgan fingerprint density at radius 1 is 1.26 bits per heavy atom. The van der Waals surface area contributed by atoms with Crippen molar-refractivity contribution < 1.29 is 17.9 Å². The van der Waals surface area contributed by atoms with Gasteiger partial charge < -0.3 is 9.47 Å². The van der Waals surface area contributed by atoms with Gasteiger partial charge in [-0.1, -0.05) is 5.11 Å². The van der Waals surface area contributed by atoms with Crippen LogP contribution in [0.2, 0.25) is 0 Å². The number of rotatable bonds is 5. The second kappa shape index (κ2) is 5.81. The summed E-state index contributed by atoms with van der Waals surface area (Å²) < 4.78 is 34.8. The van der Waals surface area contributed by atoms with Crippen molar-refractivity contribution in [2.45, 2.75) is 11.3 Å². The molecule has 1 aromatic carbocycles. The lowest BCUT2D eigenvalue weighted by atomic mass is 10.3. The van der Waals surface area contributed by atoms with Crippen LogP contribution in [0.5, 0.6) is 11.5 Å². The number of hydrogen-bond acceptors (Lipinski definition) is 5. The third-order valence-corrected chi connectivity index (χ3v) is 4.41. The van der Waals surface area contributed by atoms with E-state index in [1.54, 1.807) is 6.07 Å². The average molecular weight is 283 g/mol. The van der Waals surface area contributed by atoms with E-state index in [0.717, 1.165) is 0 Å². The van der Waals surface area contributed by atoms with Crippen molar-refractivity contribution in [1.82, 2.24) is 0 Å². The molecule has 102 valence electrons. The van der Waals surface area contributed by atoms with Crippen LogP contribution in [0, 0.1) is 0 Å². The number of hydrogen-bond donors (Lipinski definition) is 0. The van der Waals surface area contributed by atoms with Crippen LogP contribution >= 0.6 is 0 Å². The molecule has 0 unspecified atom stereocenters. The van der Waals surface area contributed by atoms with E-state index >= 15 is 0 Å². The summed E-state index contributed by atoms with van der Waals surface area (Å²) in [6.07, 6.45) is 0.292. The first-order chi connectivity index (χ1) is 9.13. The van der Waals surface area contributed by atoms with Gasteiger partial charge in [-0.05, 0) is 24.1 Å². The molecule has 0 radical (unpaired) electrons. The molecule has 0 amide bonds. The maximum absolute atomic E-state index is 12.0. The van der Waals surface area contributed by atoms with Crippen LogP contribution in [-0.4, -0.2) is 33.9 Å². The Balaban J connectivity index is 2.13. The van der Waals surface area contributed by atoms with Crippen molar-refractivity contribution in [1.29, 1.82) is 0 Å². The van der Waals surface area contributed by atoms with Gasteiger partial charge in [0.2, 0.25) is 0 Å². The number of azide groups is 1. The predicted molar refractivity (Wildman–Crippen MR) is 68.1 cm³/mol. The molecule has 0 N–H and O–H groups in total. The summed E-state index contributed by atoms with van der Waals surface area (Å²) in [7, 11) is -3.39. The Kier molecular flexibility index (Phi) is 4.13. The first kappa shape index (κ1) is 13.5. The molecule has 8 heteroatoms. The van der Waals surface area contributed by atoms with E-state index in [1.165, 1.54) is 12.1 Å². The molecular formula is C11H13N3O4S. The molecule has 2 rings (SSSR count). The highest BCUT2D eigenvalue weighted by atomic mass is 32.2. The Morgan fingerprint density at radius 3 is 2.74 bits per heavy atom. The zero-order valence-corrected chi connectivity index (χ0v) is 11.0. The van der Waals surface area contributed by atoms with Gasteiger partial charge in [0.25, 0.3) is 0 Å². The van der Waals surface area contributed by atoms with E-state index in [0.29, 0.717) is 31.1 Å². The summed E-state index contributed by atoms with van der Waals surface area (Å²) in [6.45, 7) is 1.04. The minimum Gasteiger partial charge on any atom is -0.486 e. The number of ether oxygens (including phenoxy) is 2. The van der Waals surface area contributed by atoms with E-state index in [9.17, 15) is 8.42 Å². The second-order valence-corrected chi connectivity index (χ2v) is 6.04. The van der Waals surface area contributed by atoms with Crippen LogP contribution in [0.15, 0.2) is 28.2 Å². The molecular weight excluding hydrogens is 270 g/mol. The zero-order chi connectivity index (χ0) is 13.7. The van der Waals surface area contributed by atoms with Crippen LogP contribution in [-0.2, 0) is 9.84 Å². The first-order valence-corrected chi connectivity index (χ1v) is 7.42. The van der Waals surface area contributed by atoms with Gasteiger partial charge in [-0.25, -0.2) is 8.42 Å². The first-order valence-electron chi connectivity index (χ1n) is 5.77. The highest BCUT2D eigenvalue weighted by molar-refractivity contribution is 7.91. The molecule has 0 spiro atoms. The van der Waals surface area contributed by atoms with E-state index in [4.69, 9.17) is 15.0 Å². The van der Waals surface area contributed by atoms with Gasteiger partial charge in [0, 0.05) is 17.5 Å². The van der Waals surface area contributed by atoms with Crippen molar-refractivity contribution in [3.8, 4) is 11.5 Å². The fourth-order valence-electron chi connectivity index (χ4n) is 1.70. The molecule has 0 bridgehead atoms. The van der Waals surface area contributed by atoms with Gasteiger partial charge in [-0.15, -0.1) is 0 Å². The number of sulfone groups is 1. The minimum absolute atomic E-state index is 0.0638. The molecule has 7 nitrogen and oxygen atoms in total. The standard InChI is InChI=1S/C11H13N3O4S/c12-14-13-4-1-7-19(15,16)9-2-3-10-11(8-9)18-6-5-17-10/h2-3,8H,1,4-7H2. The summed E-state index contributed by atoms with van der Waals surface area (Å²) in [5.41, 5.74) is 8.12. The van der Waals surface area contributed by atoms with Crippen LogP contribution in [0.4, 0.5) is 0 Å². The van der Waals surface area contributed by atoms with E-state index in [-0.39, 0.29) is 17.2 Å². The molecule has 1 heterocycles. The maximum atomic E-state index is 12.0. The molecule has 1 aliphatic rings. The van der Waals surface area contributed by atoms with Gasteiger partial charge in [-0.2, -0.15) is 0 Å². The van der Waals surface area contributed by atoms with Gasteiger partial charge in [0.1, 0.15) is 13.2 Å². The summed E-state index contributed by atoms with van der Waals surface area (Å²) in [4.78, 5) is 2.77. The lowest BCUT2D eigenvalue weighted by molar-refractivity contribution is 0.171. The Morgan fingerprint density at radius 2 is 2.00 bits per heavy atom. The summed E-state index contributed by atoms with van der Waals surface area (Å²) in [5.74, 6) is 0.938. The van der Waals surface area contributed by atoms with Crippen molar-refractivity contribution >= 4 is 9.84 Å². The highest BCUT2D eigenvalue weighted by Gasteiger charge is 2.18.